The van der Waals surface area contributed by atoms with Gasteiger partial charge in [-0.3, -0.25) is 4.79 Å². The van der Waals surface area contributed by atoms with Crippen molar-refractivity contribution in [3.05, 3.63) is 53.1 Å². The van der Waals surface area contributed by atoms with E-state index in [2.05, 4.69) is 5.32 Å². The number of rotatable bonds is 4. The standard InChI is InChI=1S/C17H19NO3/c1-11-7-5-6-8-13(11)17(19)18-14-10-16(21-4)15(20-3)9-12(14)2/h5-10H,1-4H3,(H,18,19). The van der Waals surface area contributed by atoms with Gasteiger partial charge in [-0.15, -0.1) is 0 Å². The van der Waals surface area contributed by atoms with E-state index in [1.807, 2.05) is 38.1 Å². The van der Waals surface area contributed by atoms with Crippen LogP contribution in [0.4, 0.5) is 5.69 Å². The molecule has 110 valence electrons. The van der Waals surface area contributed by atoms with Crippen LogP contribution in [0, 0.1) is 13.8 Å². The molecular weight excluding hydrogens is 266 g/mol. The molecule has 0 unspecified atom stereocenters. The largest absolute Gasteiger partial charge is 0.493 e. The summed E-state index contributed by atoms with van der Waals surface area (Å²) >= 11 is 0. The molecule has 0 aliphatic heterocycles. The maximum absolute atomic E-state index is 12.4. The normalized spacial score (nSPS) is 10.1. The molecule has 0 aliphatic rings. The summed E-state index contributed by atoms with van der Waals surface area (Å²) in [6.07, 6.45) is 0. The second-order valence-corrected chi connectivity index (χ2v) is 4.79. The predicted octanol–water partition coefficient (Wildman–Crippen LogP) is 3.57. The van der Waals surface area contributed by atoms with Crippen molar-refractivity contribution in [3.8, 4) is 11.5 Å². The Morgan fingerprint density at radius 3 is 2.19 bits per heavy atom. The molecule has 0 saturated carbocycles. The van der Waals surface area contributed by atoms with Crippen molar-refractivity contribution < 1.29 is 14.3 Å². The van der Waals surface area contributed by atoms with Gasteiger partial charge in [0.1, 0.15) is 0 Å². The summed E-state index contributed by atoms with van der Waals surface area (Å²) in [5.74, 6) is 1.09. The molecule has 0 aliphatic carbocycles. The first-order chi connectivity index (χ1) is 10.1. The van der Waals surface area contributed by atoms with Crippen LogP contribution < -0.4 is 14.8 Å². The van der Waals surface area contributed by atoms with Crippen LogP contribution in [0.3, 0.4) is 0 Å². The summed E-state index contributed by atoms with van der Waals surface area (Å²) in [5.41, 5.74) is 3.22. The maximum Gasteiger partial charge on any atom is 0.255 e. The van der Waals surface area contributed by atoms with Crippen LogP contribution in [0.15, 0.2) is 36.4 Å². The third-order valence-corrected chi connectivity index (χ3v) is 3.37. The van der Waals surface area contributed by atoms with Gasteiger partial charge in [0.25, 0.3) is 5.91 Å². The molecule has 0 radical (unpaired) electrons. The van der Waals surface area contributed by atoms with Gasteiger partial charge in [-0.1, -0.05) is 18.2 Å². The zero-order valence-corrected chi connectivity index (χ0v) is 12.7. The zero-order chi connectivity index (χ0) is 15.4. The first-order valence-corrected chi connectivity index (χ1v) is 6.66. The number of methoxy groups -OCH3 is 2. The predicted molar refractivity (Wildman–Crippen MR) is 83.4 cm³/mol. The molecule has 0 saturated heterocycles. The molecule has 1 amide bonds. The van der Waals surface area contributed by atoms with Gasteiger partial charge >= 0.3 is 0 Å². The highest BCUT2D eigenvalue weighted by Gasteiger charge is 2.13. The van der Waals surface area contributed by atoms with E-state index in [-0.39, 0.29) is 5.91 Å². The fourth-order valence-electron chi connectivity index (χ4n) is 2.13. The molecule has 0 fully saturated rings. The number of carbonyl (C=O) groups excluding carboxylic acids is 1. The highest BCUT2D eigenvalue weighted by atomic mass is 16.5. The first kappa shape index (κ1) is 14.9. The highest BCUT2D eigenvalue weighted by Crippen LogP contribution is 2.33. The average molecular weight is 285 g/mol. The SMILES string of the molecule is COc1cc(C)c(NC(=O)c2ccccc2C)cc1OC. The Labute approximate surface area is 124 Å². The fourth-order valence-corrected chi connectivity index (χ4v) is 2.13. The van der Waals surface area contributed by atoms with Gasteiger partial charge in [-0.05, 0) is 37.1 Å². The molecule has 0 atom stereocenters. The maximum atomic E-state index is 12.4. The minimum atomic E-state index is -0.136. The van der Waals surface area contributed by atoms with E-state index >= 15 is 0 Å². The topological polar surface area (TPSA) is 47.6 Å². The van der Waals surface area contributed by atoms with E-state index in [1.165, 1.54) is 0 Å². The van der Waals surface area contributed by atoms with E-state index in [9.17, 15) is 4.79 Å². The van der Waals surface area contributed by atoms with Gasteiger partial charge in [0.15, 0.2) is 11.5 Å². The van der Waals surface area contributed by atoms with Crippen molar-refractivity contribution >= 4 is 11.6 Å². The van der Waals surface area contributed by atoms with E-state index in [0.717, 1.165) is 11.1 Å². The number of anilines is 1. The fraction of sp³-hybridized carbons (Fsp3) is 0.235. The Hall–Kier alpha value is -2.49. The lowest BCUT2D eigenvalue weighted by atomic mass is 10.1. The molecule has 21 heavy (non-hydrogen) atoms. The quantitative estimate of drug-likeness (QED) is 0.934. The zero-order valence-electron chi connectivity index (χ0n) is 12.7. The Morgan fingerprint density at radius 1 is 0.952 bits per heavy atom. The third-order valence-electron chi connectivity index (χ3n) is 3.37. The average Bonchev–Trinajstić information content (AvgIpc) is 2.49. The van der Waals surface area contributed by atoms with E-state index < -0.39 is 0 Å². The number of aryl methyl sites for hydroxylation is 2. The molecule has 4 heteroatoms. The second kappa shape index (κ2) is 6.31. The van der Waals surface area contributed by atoms with Crippen molar-refractivity contribution in [2.45, 2.75) is 13.8 Å². The lowest BCUT2D eigenvalue weighted by molar-refractivity contribution is 0.102. The summed E-state index contributed by atoms with van der Waals surface area (Å²) < 4.78 is 10.5. The van der Waals surface area contributed by atoms with Crippen molar-refractivity contribution in [2.24, 2.45) is 0 Å². The Kier molecular flexibility index (Phi) is 4.48. The van der Waals surface area contributed by atoms with Gasteiger partial charge in [-0.25, -0.2) is 0 Å². The number of amides is 1. The molecule has 0 spiro atoms. The second-order valence-electron chi connectivity index (χ2n) is 4.79. The van der Waals surface area contributed by atoms with Gasteiger partial charge in [-0.2, -0.15) is 0 Å². The van der Waals surface area contributed by atoms with Crippen LogP contribution in [-0.4, -0.2) is 20.1 Å². The Balaban J connectivity index is 2.31. The van der Waals surface area contributed by atoms with E-state index in [0.29, 0.717) is 22.7 Å². The van der Waals surface area contributed by atoms with Crippen LogP contribution in [0.25, 0.3) is 0 Å². The van der Waals surface area contributed by atoms with Crippen molar-refractivity contribution in [1.29, 1.82) is 0 Å². The number of benzene rings is 2. The number of carbonyl (C=O) groups is 1. The third kappa shape index (κ3) is 3.16. The summed E-state index contributed by atoms with van der Waals surface area (Å²) in [6, 6.07) is 11.1. The molecule has 2 rings (SSSR count). The molecule has 0 heterocycles. The summed E-state index contributed by atoms with van der Waals surface area (Å²) in [4.78, 5) is 12.4. The molecule has 1 N–H and O–H groups in total. The highest BCUT2D eigenvalue weighted by molar-refractivity contribution is 6.05. The van der Waals surface area contributed by atoms with Gasteiger partial charge < -0.3 is 14.8 Å². The van der Waals surface area contributed by atoms with Crippen LogP contribution in [0.2, 0.25) is 0 Å². The lowest BCUT2D eigenvalue weighted by Crippen LogP contribution is -2.14. The molecule has 2 aromatic rings. The summed E-state index contributed by atoms with van der Waals surface area (Å²) in [7, 11) is 3.16. The van der Waals surface area contributed by atoms with Crippen molar-refractivity contribution in [3.63, 3.8) is 0 Å². The molecular formula is C17H19NO3. The first-order valence-electron chi connectivity index (χ1n) is 6.66. The summed E-state index contributed by atoms with van der Waals surface area (Å²) in [6.45, 7) is 3.83. The van der Waals surface area contributed by atoms with Gasteiger partial charge in [0.2, 0.25) is 0 Å². The van der Waals surface area contributed by atoms with E-state index in [1.54, 1.807) is 26.4 Å². The lowest BCUT2D eigenvalue weighted by Gasteiger charge is -2.14. The number of nitrogens with one attached hydrogen (secondary N) is 1. The van der Waals surface area contributed by atoms with E-state index in [4.69, 9.17) is 9.47 Å². The smallest absolute Gasteiger partial charge is 0.255 e. The molecule has 2 aromatic carbocycles. The van der Waals surface area contributed by atoms with Crippen LogP contribution in [-0.2, 0) is 0 Å². The molecule has 4 nitrogen and oxygen atoms in total. The molecule has 0 bridgehead atoms. The van der Waals surface area contributed by atoms with Crippen LogP contribution >= 0.6 is 0 Å². The van der Waals surface area contributed by atoms with Crippen LogP contribution in [0.1, 0.15) is 21.5 Å². The van der Waals surface area contributed by atoms with Crippen LogP contribution in [0.5, 0.6) is 11.5 Å². The summed E-state index contributed by atoms with van der Waals surface area (Å²) in [5, 5.41) is 2.92. The van der Waals surface area contributed by atoms with Crippen molar-refractivity contribution in [1.82, 2.24) is 0 Å². The van der Waals surface area contributed by atoms with Crippen molar-refractivity contribution in [2.75, 3.05) is 19.5 Å². The Bertz CT molecular complexity index is 665. The Morgan fingerprint density at radius 2 is 1.57 bits per heavy atom. The van der Waals surface area contributed by atoms with Gasteiger partial charge in [0, 0.05) is 17.3 Å². The molecule has 0 aromatic heterocycles. The monoisotopic (exact) mass is 285 g/mol. The minimum absolute atomic E-state index is 0.136. The number of ether oxygens (including phenoxy) is 2. The van der Waals surface area contributed by atoms with Gasteiger partial charge in [0.05, 0.1) is 14.2 Å². The number of hydrogen-bond donors (Lipinski definition) is 1. The minimum Gasteiger partial charge on any atom is -0.493 e. The number of hydrogen-bond acceptors (Lipinski definition) is 3.